The van der Waals surface area contributed by atoms with Crippen molar-refractivity contribution >= 4 is 0 Å². The highest BCUT2D eigenvalue weighted by Gasteiger charge is 2.30. The molecule has 0 spiro atoms. The largest absolute Gasteiger partial charge is 0.416 e. The number of rotatable bonds is 1. The zero-order valence-corrected chi connectivity index (χ0v) is 9.55. The van der Waals surface area contributed by atoms with E-state index in [1.54, 1.807) is 13.0 Å². The Morgan fingerprint density at radius 3 is 2.17 bits per heavy atom. The summed E-state index contributed by atoms with van der Waals surface area (Å²) < 4.78 is 50.8. The zero-order chi connectivity index (χ0) is 13.3. The van der Waals surface area contributed by atoms with Crippen molar-refractivity contribution in [2.45, 2.75) is 13.1 Å². The number of benzene rings is 2. The lowest BCUT2D eigenvalue weighted by atomic mass is 10.0. The Balaban J connectivity index is 2.48. The Bertz CT molecular complexity index is 570. The van der Waals surface area contributed by atoms with Crippen LogP contribution in [0.1, 0.15) is 11.1 Å². The third-order valence-corrected chi connectivity index (χ3v) is 2.68. The molecule has 0 aliphatic heterocycles. The number of hydrogen-bond donors (Lipinski definition) is 0. The third kappa shape index (κ3) is 2.53. The van der Waals surface area contributed by atoms with Crippen LogP contribution in [0.15, 0.2) is 42.5 Å². The van der Waals surface area contributed by atoms with Gasteiger partial charge in [0.25, 0.3) is 0 Å². The highest BCUT2D eigenvalue weighted by Crippen LogP contribution is 2.32. The maximum Gasteiger partial charge on any atom is 0.416 e. The molecule has 0 aliphatic rings. The number of halogens is 4. The van der Waals surface area contributed by atoms with E-state index < -0.39 is 11.7 Å². The van der Waals surface area contributed by atoms with Gasteiger partial charge in [-0.25, -0.2) is 4.39 Å². The normalized spacial score (nSPS) is 11.6. The van der Waals surface area contributed by atoms with E-state index in [0.29, 0.717) is 16.7 Å². The lowest BCUT2D eigenvalue weighted by molar-refractivity contribution is -0.137. The molecule has 0 heterocycles. The van der Waals surface area contributed by atoms with Gasteiger partial charge in [0.2, 0.25) is 0 Å². The summed E-state index contributed by atoms with van der Waals surface area (Å²) in [6.07, 6.45) is -4.37. The van der Waals surface area contributed by atoms with Crippen LogP contribution in [0.5, 0.6) is 0 Å². The van der Waals surface area contributed by atoms with Gasteiger partial charge in [-0.2, -0.15) is 13.2 Å². The highest BCUT2D eigenvalue weighted by molar-refractivity contribution is 5.65. The fourth-order valence-corrected chi connectivity index (χ4v) is 1.70. The Labute approximate surface area is 102 Å². The molecule has 0 aromatic heterocycles. The lowest BCUT2D eigenvalue weighted by Crippen LogP contribution is -2.04. The zero-order valence-electron chi connectivity index (χ0n) is 9.55. The lowest BCUT2D eigenvalue weighted by Gasteiger charge is -2.09. The molecule has 0 N–H and O–H groups in total. The minimum Gasteiger partial charge on any atom is -0.207 e. The first kappa shape index (κ1) is 12.6. The van der Waals surface area contributed by atoms with Gasteiger partial charge in [0.1, 0.15) is 5.82 Å². The van der Waals surface area contributed by atoms with Gasteiger partial charge in [0.05, 0.1) is 5.56 Å². The molecular formula is C14H10F4. The summed E-state index contributed by atoms with van der Waals surface area (Å²) in [4.78, 5) is 0. The maximum atomic E-state index is 13.1. The van der Waals surface area contributed by atoms with Crippen molar-refractivity contribution in [2.24, 2.45) is 0 Å². The van der Waals surface area contributed by atoms with E-state index in [0.717, 1.165) is 12.1 Å². The molecule has 94 valence electrons. The predicted octanol–water partition coefficient (Wildman–Crippen LogP) is 4.82. The standard InChI is InChI=1S/C14H10F4/c1-9-7-11(5-6-13(9)15)10-3-2-4-12(8-10)14(16,17)18/h2-8H,1H3. The summed E-state index contributed by atoms with van der Waals surface area (Å²) in [6.45, 7) is 1.58. The third-order valence-electron chi connectivity index (χ3n) is 2.68. The summed E-state index contributed by atoms with van der Waals surface area (Å²) in [7, 11) is 0. The van der Waals surface area contributed by atoms with E-state index in [4.69, 9.17) is 0 Å². The van der Waals surface area contributed by atoms with Crippen molar-refractivity contribution in [3.05, 3.63) is 59.4 Å². The second kappa shape index (κ2) is 4.44. The van der Waals surface area contributed by atoms with Crippen molar-refractivity contribution in [1.82, 2.24) is 0 Å². The van der Waals surface area contributed by atoms with Gasteiger partial charge in [0.15, 0.2) is 0 Å². The van der Waals surface area contributed by atoms with Crippen molar-refractivity contribution in [2.75, 3.05) is 0 Å². The van der Waals surface area contributed by atoms with Gasteiger partial charge in [-0.15, -0.1) is 0 Å². The van der Waals surface area contributed by atoms with Crippen LogP contribution < -0.4 is 0 Å². The summed E-state index contributed by atoms with van der Waals surface area (Å²) in [5, 5.41) is 0. The summed E-state index contributed by atoms with van der Waals surface area (Å²) in [5.41, 5.74) is 0.694. The first-order valence-corrected chi connectivity index (χ1v) is 5.32. The maximum absolute atomic E-state index is 13.1. The van der Waals surface area contributed by atoms with Crippen molar-refractivity contribution in [3.8, 4) is 11.1 Å². The summed E-state index contributed by atoms with van der Waals surface area (Å²) >= 11 is 0. The minimum atomic E-state index is -4.37. The smallest absolute Gasteiger partial charge is 0.207 e. The molecular weight excluding hydrogens is 244 g/mol. The van der Waals surface area contributed by atoms with Crippen molar-refractivity contribution in [3.63, 3.8) is 0 Å². The van der Waals surface area contributed by atoms with E-state index >= 15 is 0 Å². The van der Waals surface area contributed by atoms with Gasteiger partial charge in [-0.05, 0) is 47.9 Å². The molecule has 0 atom stereocenters. The molecule has 0 fully saturated rings. The molecule has 2 aromatic rings. The molecule has 2 aromatic carbocycles. The van der Waals surface area contributed by atoms with E-state index in [-0.39, 0.29) is 5.82 Å². The molecule has 0 bridgehead atoms. The molecule has 4 heteroatoms. The second-order valence-electron chi connectivity index (χ2n) is 4.04. The van der Waals surface area contributed by atoms with Crippen molar-refractivity contribution in [1.29, 1.82) is 0 Å². The van der Waals surface area contributed by atoms with E-state index in [1.807, 2.05) is 0 Å². The quantitative estimate of drug-likeness (QED) is 0.640. The number of alkyl halides is 3. The average molecular weight is 254 g/mol. The topological polar surface area (TPSA) is 0 Å². The molecule has 2 rings (SSSR count). The highest BCUT2D eigenvalue weighted by atomic mass is 19.4. The molecule has 0 unspecified atom stereocenters. The molecule has 0 saturated heterocycles. The Morgan fingerprint density at radius 2 is 1.56 bits per heavy atom. The number of hydrogen-bond acceptors (Lipinski definition) is 0. The first-order chi connectivity index (χ1) is 8.38. The molecule has 0 amide bonds. The van der Waals surface area contributed by atoms with Gasteiger partial charge in [-0.1, -0.05) is 18.2 Å². The fourth-order valence-electron chi connectivity index (χ4n) is 1.70. The Kier molecular flexibility index (Phi) is 3.11. The molecule has 0 saturated carbocycles. The van der Waals surface area contributed by atoms with E-state index in [9.17, 15) is 17.6 Å². The fraction of sp³-hybridized carbons (Fsp3) is 0.143. The Hall–Kier alpha value is -1.84. The molecule has 18 heavy (non-hydrogen) atoms. The molecule has 0 radical (unpaired) electrons. The molecule has 0 aliphatic carbocycles. The van der Waals surface area contributed by atoms with Gasteiger partial charge in [0, 0.05) is 0 Å². The van der Waals surface area contributed by atoms with Crippen LogP contribution in [0.4, 0.5) is 17.6 Å². The van der Waals surface area contributed by atoms with Gasteiger partial charge >= 0.3 is 6.18 Å². The summed E-state index contributed by atoms with van der Waals surface area (Å²) in [6, 6.07) is 9.25. The molecule has 0 nitrogen and oxygen atoms in total. The van der Waals surface area contributed by atoms with Gasteiger partial charge < -0.3 is 0 Å². The van der Waals surface area contributed by atoms with Crippen LogP contribution >= 0.6 is 0 Å². The van der Waals surface area contributed by atoms with Crippen LogP contribution in [0.2, 0.25) is 0 Å². The van der Waals surface area contributed by atoms with Gasteiger partial charge in [-0.3, -0.25) is 0 Å². The Morgan fingerprint density at radius 1 is 0.889 bits per heavy atom. The second-order valence-corrected chi connectivity index (χ2v) is 4.04. The van der Waals surface area contributed by atoms with Crippen molar-refractivity contribution < 1.29 is 17.6 Å². The van der Waals surface area contributed by atoms with Crippen LogP contribution in [0.25, 0.3) is 11.1 Å². The number of aryl methyl sites for hydroxylation is 1. The minimum absolute atomic E-state index is 0.370. The first-order valence-electron chi connectivity index (χ1n) is 5.32. The van der Waals surface area contributed by atoms with E-state index in [1.165, 1.54) is 24.3 Å². The van der Waals surface area contributed by atoms with Crippen LogP contribution in [0, 0.1) is 12.7 Å². The van der Waals surface area contributed by atoms with Crippen LogP contribution in [0.3, 0.4) is 0 Å². The van der Waals surface area contributed by atoms with Crippen LogP contribution in [-0.2, 0) is 6.18 Å². The SMILES string of the molecule is Cc1cc(-c2cccc(C(F)(F)F)c2)ccc1F. The van der Waals surface area contributed by atoms with E-state index in [2.05, 4.69) is 0 Å². The summed E-state index contributed by atoms with van der Waals surface area (Å²) in [5.74, 6) is -0.370. The average Bonchev–Trinajstić information content (AvgIpc) is 2.32. The van der Waals surface area contributed by atoms with Crippen LogP contribution in [-0.4, -0.2) is 0 Å². The monoisotopic (exact) mass is 254 g/mol. The predicted molar refractivity (Wildman–Crippen MR) is 61.6 cm³/mol.